The first kappa shape index (κ1) is 10.7. The predicted octanol–water partition coefficient (Wildman–Crippen LogP) is 2.47. The molecule has 1 fully saturated rings. The van der Waals surface area contributed by atoms with Crippen molar-refractivity contribution in [2.45, 2.75) is 33.7 Å². The molecule has 0 saturated heterocycles. The van der Waals surface area contributed by atoms with Gasteiger partial charge in [0.15, 0.2) is 0 Å². The zero-order chi connectivity index (χ0) is 11.3. The molecule has 0 spiro atoms. The van der Waals surface area contributed by atoms with Gasteiger partial charge in [-0.2, -0.15) is 0 Å². The van der Waals surface area contributed by atoms with Crippen LogP contribution in [-0.4, -0.2) is 0 Å². The molecule has 0 aromatic carbocycles. The summed E-state index contributed by atoms with van der Waals surface area (Å²) in [6.45, 7) is 9.17. The highest BCUT2D eigenvalue weighted by atomic mass is 16.3. The molecule has 0 bridgehead atoms. The van der Waals surface area contributed by atoms with Crippen molar-refractivity contribution < 1.29 is 4.42 Å². The first-order valence-electron chi connectivity index (χ1n) is 5.41. The maximum atomic E-state index is 5.66. The summed E-state index contributed by atoms with van der Waals surface area (Å²) in [6.07, 6.45) is 3.47. The first-order valence-corrected chi connectivity index (χ1v) is 5.41. The molecule has 3 nitrogen and oxygen atoms in total. The highest BCUT2D eigenvalue weighted by Crippen LogP contribution is 2.72. The van der Waals surface area contributed by atoms with Crippen molar-refractivity contribution in [1.82, 2.24) is 5.43 Å². The summed E-state index contributed by atoms with van der Waals surface area (Å²) in [5, 5.41) is 0. The fourth-order valence-corrected chi connectivity index (χ4v) is 2.92. The van der Waals surface area contributed by atoms with Crippen molar-refractivity contribution in [2.24, 2.45) is 22.6 Å². The number of hydrazine groups is 1. The van der Waals surface area contributed by atoms with Gasteiger partial charge in [0, 0.05) is 5.56 Å². The highest BCUT2D eigenvalue weighted by molar-refractivity contribution is 5.24. The van der Waals surface area contributed by atoms with E-state index in [4.69, 9.17) is 10.3 Å². The lowest BCUT2D eigenvalue weighted by Crippen LogP contribution is -2.31. The molecule has 0 aliphatic heterocycles. The minimum atomic E-state index is 0.189. The molecule has 1 saturated carbocycles. The van der Waals surface area contributed by atoms with Crippen LogP contribution in [0.4, 0.5) is 0 Å². The summed E-state index contributed by atoms with van der Waals surface area (Å²) in [7, 11) is 0. The Morgan fingerprint density at radius 2 is 1.93 bits per heavy atom. The van der Waals surface area contributed by atoms with Crippen molar-refractivity contribution in [3.8, 4) is 0 Å². The normalized spacial score (nSPS) is 25.1. The zero-order valence-corrected chi connectivity index (χ0v) is 9.87. The Balaban J connectivity index is 2.25. The maximum Gasteiger partial charge on any atom is 0.0950 e. The standard InChI is InChI=1S/C12H20N2O/c1-11(2)10(12(11,3)4)9(14-13)8-5-6-15-7-8/h5-7,9-10,14H,13H2,1-4H3. The smallest absolute Gasteiger partial charge is 0.0950 e. The quantitative estimate of drug-likeness (QED) is 0.592. The minimum absolute atomic E-state index is 0.189. The predicted molar refractivity (Wildman–Crippen MR) is 59.8 cm³/mol. The van der Waals surface area contributed by atoms with E-state index in [0.29, 0.717) is 16.7 Å². The second-order valence-electron chi connectivity index (χ2n) is 5.62. The summed E-state index contributed by atoms with van der Waals surface area (Å²) in [4.78, 5) is 0. The number of furan rings is 1. The van der Waals surface area contributed by atoms with Gasteiger partial charge in [0.2, 0.25) is 0 Å². The van der Waals surface area contributed by atoms with E-state index >= 15 is 0 Å². The van der Waals surface area contributed by atoms with E-state index < -0.39 is 0 Å². The topological polar surface area (TPSA) is 51.2 Å². The summed E-state index contributed by atoms with van der Waals surface area (Å²) >= 11 is 0. The molecule has 0 radical (unpaired) electrons. The van der Waals surface area contributed by atoms with Crippen LogP contribution in [0.2, 0.25) is 0 Å². The average Bonchev–Trinajstić information content (AvgIpc) is 2.63. The van der Waals surface area contributed by atoms with E-state index in [2.05, 4.69) is 33.1 Å². The fraction of sp³-hybridized carbons (Fsp3) is 0.667. The third-order valence-corrected chi connectivity index (χ3v) is 4.55. The fourth-order valence-electron chi connectivity index (χ4n) is 2.92. The van der Waals surface area contributed by atoms with Crippen LogP contribution >= 0.6 is 0 Å². The van der Waals surface area contributed by atoms with Gasteiger partial charge >= 0.3 is 0 Å². The van der Waals surface area contributed by atoms with Gasteiger partial charge in [-0.1, -0.05) is 27.7 Å². The lowest BCUT2D eigenvalue weighted by atomic mass is 10.00. The first-order chi connectivity index (χ1) is 6.93. The summed E-state index contributed by atoms with van der Waals surface area (Å²) in [5.41, 5.74) is 4.70. The van der Waals surface area contributed by atoms with Crippen molar-refractivity contribution in [3.63, 3.8) is 0 Å². The number of hydrogen-bond acceptors (Lipinski definition) is 3. The van der Waals surface area contributed by atoms with E-state index in [1.807, 2.05) is 6.07 Å². The third kappa shape index (κ3) is 1.34. The molecule has 1 atom stereocenters. The molecule has 84 valence electrons. The Morgan fingerprint density at radius 3 is 2.27 bits per heavy atom. The Hall–Kier alpha value is -0.800. The lowest BCUT2D eigenvalue weighted by Gasteiger charge is -2.16. The monoisotopic (exact) mass is 208 g/mol. The SMILES string of the molecule is CC1(C)C(C(NN)c2ccoc2)C1(C)C. The van der Waals surface area contributed by atoms with E-state index in [0.717, 1.165) is 5.56 Å². The average molecular weight is 208 g/mol. The summed E-state index contributed by atoms with van der Waals surface area (Å²) in [6, 6.07) is 2.17. The van der Waals surface area contributed by atoms with Crippen molar-refractivity contribution in [2.75, 3.05) is 0 Å². The van der Waals surface area contributed by atoms with Gasteiger partial charge in [-0.15, -0.1) is 0 Å². The molecule has 3 heteroatoms. The molecule has 15 heavy (non-hydrogen) atoms. The zero-order valence-electron chi connectivity index (χ0n) is 9.87. The Kier molecular flexibility index (Phi) is 2.21. The van der Waals surface area contributed by atoms with Gasteiger partial charge < -0.3 is 4.42 Å². The second-order valence-corrected chi connectivity index (χ2v) is 5.62. The highest BCUT2D eigenvalue weighted by Gasteiger charge is 2.67. The number of nitrogens with two attached hydrogens (primary N) is 1. The minimum Gasteiger partial charge on any atom is -0.472 e. The molecular weight excluding hydrogens is 188 g/mol. The van der Waals surface area contributed by atoms with E-state index in [1.54, 1.807) is 12.5 Å². The van der Waals surface area contributed by atoms with Crippen LogP contribution in [0.3, 0.4) is 0 Å². The van der Waals surface area contributed by atoms with E-state index in [9.17, 15) is 0 Å². The summed E-state index contributed by atoms with van der Waals surface area (Å²) < 4.78 is 5.12. The maximum absolute atomic E-state index is 5.66. The van der Waals surface area contributed by atoms with Gasteiger partial charge in [-0.25, -0.2) is 0 Å². The van der Waals surface area contributed by atoms with Gasteiger partial charge in [-0.05, 0) is 22.8 Å². The molecule has 1 aliphatic rings. The van der Waals surface area contributed by atoms with Crippen LogP contribution in [0.1, 0.15) is 39.3 Å². The van der Waals surface area contributed by atoms with Crippen molar-refractivity contribution in [3.05, 3.63) is 24.2 Å². The molecule has 2 rings (SSSR count). The Bertz CT molecular complexity index is 327. The van der Waals surface area contributed by atoms with Gasteiger partial charge in [-0.3, -0.25) is 11.3 Å². The molecular formula is C12H20N2O. The third-order valence-electron chi connectivity index (χ3n) is 4.55. The molecule has 1 heterocycles. The summed E-state index contributed by atoms with van der Waals surface area (Å²) in [5.74, 6) is 6.20. The van der Waals surface area contributed by atoms with Crippen LogP contribution in [-0.2, 0) is 0 Å². The van der Waals surface area contributed by atoms with Crippen molar-refractivity contribution >= 4 is 0 Å². The molecule has 1 aliphatic carbocycles. The van der Waals surface area contributed by atoms with Crippen LogP contribution in [0.25, 0.3) is 0 Å². The van der Waals surface area contributed by atoms with Crippen LogP contribution < -0.4 is 11.3 Å². The van der Waals surface area contributed by atoms with Crippen LogP contribution in [0, 0.1) is 16.7 Å². The Labute approximate surface area is 91.0 Å². The second kappa shape index (κ2) is 3.09. The molecule has 1 unspecified atom stereocenters. The lowest BCUT2D eigenvalue weighted by molar-refractivity contribution is 0.413. The van der Waals surface area contributed by atoms with Gasteiger partial charge in [0.1, 0.15) is 0 Å². The molecule has 1 aromatic heterocycles. The Morgan fingerprint density at radius 1 is 1.33 bits per heavy atom. The number of nitrogens with one attached hydrogen (secondary N) is 1. The molecule has 3 N–H and O–H groups in total. The number of hydrogen-bond donors (Lipinski definition) is 2. The van der Waals surface area contributed by atoms with E-state index in [1.165, 1.54) is 0 Å². The van der Waals surface area contributed by atoms with Gasteiger partial charge in [0.05, 0.1) is 18.6 Å². The molecule has 0 amide bonds. The van der Waals surface area contributed by atoms with E-state index in [-0.39, 0.29) is 6.04 Å². The van der Waals surface area contributed by atoms with Crippen molar-refractivity contribution in [1.29, 1.82) is 0 Å². The van der Waals surface area contributed by atoms with Gasteiger partial charge in [0.25, 0.3) is 0 Å². The number of rotatable bonds is 3. The van der Waals surface area contributed by atoms with Crippen LogP contribution in [0.5, 0.6) is 0 Å². The molecule has 1 aromatic rings. The largest absolute Gasteiger partial charge is 0.472 e. The van der Waals surface area contributed by atoms with Crippen LogP contribution in [0.15, 0.2) is 23.0 Å².